The molecule has 25 heavy (non-hydrogen) atoms. The topological polar surface area (TPSA) is 73.9 Å². The van der Waals surface area contributed by atoms with Crippen molar-refractivity contribution in [3.63, 3.8) is 0 Å². The van der Waals surface area contributed by atoms with Gasteiger partial charge in [-0.25, -0.2) is 13.1 Å². The summed E-state index contributed by atoms with van der Waals surface area (Å²) < 4.78 is 43.8. The zero-order valence-electron chi connectivity index (χ0n) is 13.2. The summed E-state index contributed by atoms with van der Waals surface area (Å²) in [4.78, 5) is -0.128. The van der Waals surface area contributed by atoms with E-state index in [1.54, 1.807) is 12.1 Å². The number of ether oxygens (including phenoxy) is 3. The predicted molar refractivity (Wildman–Crippen MR) is 94.6 cm³/mol. The second-order valence-electron chi connectivity index (χ2n) is 5.24. The first-order valence-corrected chi connectivity index (χ1v) is 9.56. The number of hydrogen-bond donors (Lipinski definition) is 1. The Morgan fingerprint density at radius 3 is 2.60 bits per heavy atom. The number of sulfonamides is 1. The molecule has 0 spiro atoms. The van der Waals surface area contributed by atoms with E-state index in [1.165, 1.54) is 19.2 Å². The van der Waals surface area contributed by atoms with Crippen molar-refractivity contribution in [2.24, 2.45) is 0 Å². The number of halogens is 2. The van der Waals surface area contributed by atoms with Crippen LogP contribution in [0.3, 0.4) is 0 Å². The normalized spacial score (nSPS) is 16.5. The third kappa shape index (κ3) is 3.79. The minimum absolute atomic E-state index is 0.0244. The zero-order valence-corrected chi connectivity index (χ0v) is 15.5. The molecule has 2 aromatic carbocycles. The van der Waals surface area contributed by atoms with Crippen molar-refractivity contribution in [2.75, 3.05) is 20.3 Å². The summed E-state index contributed by atoms with van der Waals surface area (Å²) in [6.07, 6.45) is -0.461. The van der Waals surface area contributed by atoms with Gasteiger partial charge in [0.05, 0.1) is 18.7 Å². The molecule has 6 nitrogen and oxygen atoms in total. The van der Waals surface area contributed by atoms with Gasteiger partial charge >= 0.3 is 0 Å². The van der Waals surface area contributed by atoms with Gasteiger partial charge in [0.2, 0.25) is 10.0 Å². The lowest BCUT2D eigenvalue weighted by atomic mass is 10.2. The van der Waals surface area contributed by atoms with Crippen molar-refractivity contribution >= 4 is 33.2 Å². The SMILES string of the molecule is COc1ccc(S(=O)(=O)NC[C@@H]2COc3ccccc3O2)c(Cl)c1Cl. The number of hydrogen-bond acceptors (Lipinski definition) is 5. The number of nitrogens with one attached hydrogen (secondary N) is 1. The molecule has 2 aromatic rings. The van der Waals surface area contributed by atoms with Gasteiger partial charge in [0.15, 0.2) is 11.5 Å². The molecule has 1 N–H and O–H groups in total. The minimum Gasteiger partial charge on any atom is -0.495 e. The van der Waals surface area contributed by atoms with Gasteiger partial charge in [-0.15, -0.1) is 0 Å². The van der Waals surface area contributed by atoms with Crippen molar-refractivity contribution in [1.82, 2.24) is 4.72 Å². The van der Waals surface area contributed by atoms with Gasteiger partial charge < -0.3 is 14.2 Å². The Bertz CT molecular complexity index is 888. The molecule has 1 aliphatic heterocycles. The fourth-order valence-corrected chi connectivity index (χ4v) is 4.23. The van der Waals surface area contributed by atoms with Gasteiger partial charge in [-0.3, -0.25) is 0 Å². The maximum absolute atomic E-state index is 12.5. The van der Waals surface area contributed by atoms with Gasteiger partial charge in [0, 0.05) is 0 Å². The standard InChI is InChI=1S/C16H15Cl2NO5S/c1-22-13-6-7-14(16(18)15(13)17)25(20,21)19-8-10-9-23-11-4-2-3-5-12(11)24-10/h2-7,10,19H,8-9H2,1H3/t10-/m1/s1. The van der Waals surface area contributed by atoms with Crippen molar-refractivity contribution in [2.45, 2.75) is 11.0 Å². The smallest absolute Gasteiger partial charge is 0.242 e. The van der Waals surface area contributed by atoms with E-state index < -0.39 is 16.1 Å². The summed E-state index contributed by atoms with van der Waals surface area (Å²) in [5, 5.41) is -0.0575. The molecule has 0 amide bonds. The van der Waals surface area contributed by atoms with Crippen LogP contribution in [0.1, 0.15) is 0 Å². The Labute approximate surface area is 155 Å². The average Bonchev–Trinajstić information content (AvgIpc) is 2.62. The van der Waals surface area contributed by atoms with Crippen LogP contribution in [0.4, 0.5) is 0 Å². The average molecular weight is 404 g/mol. The molecule has 0 fully saturated rings. The maximum atomic E-state index is 12.5. The molecule has 134 valence electrons. The van der Waals surface area contributed by atoms with Crippen LogP contribution in [0.15, 0.2) is 41.3 Å². The summed E-state index contributed by atoms with van der Waals surface area (Å²) in [7, 11) is -2.45. The Balaban J connectivity index is 1.72. The highest BCUT2D eigenvalue weighted by Crippen LogP contribution is 2.36. The van der Waals surface area contributed by atoms with Crippen LogP contribution in [-0.2, 0) is 10.0 Å². The molecular weight excluding hydrogens is 389 g/mol. The van der Waals surface area contributed by atoms with Crippen molar-refractivity contribution in [3.8, 4) is 17.2 Å². The predicted octanol–water partition coefficient (Wildman–Crippen LogP) is 3.12. The van der Waals surface area contributed by atoms with E-state index >= 15 is 0 Å². The molecule has 1 atom stereocenters. The fraction of sp³-hybridized carbons (Fsp3) is 0.250. The lowest BCUT2D eigenvalue weighted by Crippen LogP contribution is -2.40. The van der Waals surface area contributed by atoms with E-state index in [-0.39, 0.29) is 28.1 Å². The lowest BCUT2D eigenvalue weighted by molar-refractivity contribution is 0.0943. The van der Waals surface area contributed by atoms with Crippen LogP contribution in [0.5, 0.6) is 17.2 Å². The van der Waals surface area contributed by atoms with Crippen LogP contribution >= 0.6 is 23.2 Å². The number of methoxy groups -OCH3 is 1. The van der Waals surface area contributed by atoms with Crippen LogP contribution in [0, 0.1) is 0 Å². The third-order valence-electron chi connectivity index (χ3n) is 3.59. The van der Waals surface area contributed by atoms with E-state index in [1.807, 2.05) is 12.1 Å². The van der Waals surface area contributed by atoms with Crippen LogP contribution in [-0.4, -0.2) is 34.8 Å². The first kappa shape index (κ1) is 18.1. The molecule has 0 saturated heterocycles. The van der Waals surface area contributed by atoms with Gasteiger partial charge in [0.25, 0.3) is 0 Å². The van der Waals surface area contributed by atoms with Crippen molar-refractivity contribution in [1.29, 1.82) is 0 Å². The monoisotopic (exact) mass is 403 g/mol. The van der Waals surface area contributed by atoms with Gasteiger partial charge in [-0.1, -0.05) is 35.3 Å². The van der Waals surface area contributed by atoms with E-state index in [0.29, 0.717) is 17.2 Å². The molecule has 3 rings (SSSR count). The highest BCUT2D eigenvalue weighted by Gasteiger charge is 2.26. The summed E-state index contributed by atoms with van der Waals surface area (Å²) in [5.74, 6) is 1.50. The molecule has 0 aromatic heterocycles. The Hall–Kier alpha value is -1.67. The highest BCUT2D eigenvalue weighted by atomic mass is 35.5. The second-order valence-corrected chi connectivity index (χ2v) is 7.73. The first-order valence-electron chi connectivity index (χ1n) is 7.32. The van der Waals surface area contributed by atoms with Crippen molar-refractivity contribution < 1.29 is 22.6 Å². The third-order valence-corrected chi connectivity index (χ3v) is 6.03. The first-order chi connectivity index (χ1) is 11.9. The Kier molecular flexibility index (Phi) is 5.29. The molecule has 0 aliphatic carbocycles. The summed E-state index contributed by atoms with van der Waals surface area (Å²) in [6.45, 7) is 0.257. The number of fused-ring (bicyclic) bond motifs is 1. The Morgan fingerprint density at radius 1 is 1.16 bits per heavy atom. The molecule has 1 heterocycles. The molecule has 0 unspecified atom stereocenters. The lowest BCUT2D eigenvalue weighted by Gasteiger charge is -2.26. The number of rotatable bonds is 5. The minimum atomic E-state index is -3.87. The Morgan fingerprint density at radius 2 is 1.88 bits per heavy atom. The maximum Gasteiger partial charge on any atom is 0.242 e. The van der Waals surface area contributed by atoms with Crippen LogP contribution < -0.4 is 18.9 Å². The van der Waals surface area contributed by atoms with Crippen molar-refractivity contribution in [3.05, 3.63) is 46.4 Å². The second kappa shape index (κ2) is 7.29. The summed E-state index contributed by atoms with van der Waals surface area (Å²) in [6, 6.07) is 9.97. The molecule has 1 aliphatic rings. The van der Waals surface area contributed by atoms with Crippen LogP contribution in [0.2, 0.25) is 10.0 Å². The number of benzene rings is 2. The molecule has 0 saturated carbocycles. The number of para-hydroxylation sites is 2. The molecule has 9 heteroatoms. The van der Waals surface area contributed by atoms with Crippen LogP contribution in [0.25, 0.3) is 0 Å². The molecule has 0 bridgehead atoms. The van der Waals surface area contributed by atoms with Gasteiger partial charge in [0.1, 0.15) is 28.4 Å². The fourth-order valence-electron chi connectivity index (χ4n) is 2.32. The highest BCUT2D eigenvalue weighted by molar-refractivity contribution is 7.89. The van der Waals surface area contributed by atoms with Gasteiger partial charge in [-0.05, 0) is 24.3 Å². The summed E-state index contributed by atoms with van der Waals surface area (Å²) in [5.41, 5.74) is 0. The van der Waals surface area contributed by atoms with E-state index in [0.717, 1.165) is 0 Å². The molecule has 0 radical (unpaired) electrons. The van der Waals surface area contributed by atoms with E-state index in [2.05, 4.69) is 4.72 Å². The van der Waals surface area contributed by atoms with E-state index in [9.17, 15) is 8.42 Å². The largest absolute Gasteiger partial charge is 0.495 e. The van der Waals surface area contributed by atoms with E-state index in [4.69, 9.17) is 37.4 Å². The zero-order chi connectivity index (χ0) is 18.0. The van der Waals surface area contributed by atoms with Gasteiger partial charge in [-0.2, -0.15) is 0 Å². The quantitative estimate of drug-likeness (QED) is 0.829. The molecular formula is C16H15Cl2NO5S. The summed E-state index contributed by atoms with van der Waals surface area (Å²) >= 11 is 12.1.